The van der Waals surface area contributed by atoms with E-state index in [-0.39, 0.29) is 5.56 Å². The Bertz CT molecular complexity index is 446. The van der Waals surface area contributed by atoms with Crippen molar-refractivity contribution < 1.29 is 19.4 Å². The second-order valence-electron chi connectivity index (χ2n) is 3.20. The molecule has 0 amide bonds. The summed E-state index contributed by atoms with van der Waals surface area (Å²) < 4.78 is 4.48. The minimum absolute atomic E-state index is 0.167. The molecule has 0 unspecified atom stereocenters. The van der Waals surface area contributed by atoms with Crippen molar-refractivity contribution in [2.45, 2.75) is 6.92 Å². The average Bonchev–Trinajstić information content (AvgIpc) is 2.28. The lowest BCUT2D eigenvalue weighted by molar-refractivity contribution is -0.134. The molecule has 0 bridgehead atoms. The third-order valence-electron chi connectivity index (χ3n) is 2.12. The lowest BCUT2D eigenvalue weighted by atomic mass is 10.0. The summed E-state index contributed by atoms with van der Waals surface area (Å²) >= 11 is 0. The van der Waals surface area contributed by atoms with Crippen LogP contribution in [0.15, 0.2) is 30.3 Å². The molecule has 1 aromatic rings. The largest absolute Gasteiger partial charge is 0.478 e. The number of ether oxygens (including phenoxy) is 1. The summed E-state index contributed by atoms with van der Waals surface area (Å²) in [6.45, 7) is 1.67. The molecule has 0 aliphatic carbocycles. The summed E-state index contributed by atoms with van der Waals surface area (Å²) in [6.07, 6.45) is 1.27. The number of rotatable bonds is 3. The van der Waals surface area contributed by atoms with Gasteiger partial charge in [-0.25, -0.2) is 9.59 Å². The molecule has 0 aliphatic heterocycles. The van der Waals surface area contributed by atoms with E-state index in [4.69, 9.17) is 5.11 Å². The molecule has 0 saturated heterocycles. The van der Waals surface area contributed by atoms with Crippen molar-refractivity contribution in [3.63, 3.8) is 0 Å². The fourth-order valence-corrected chi connectivity index (χ4v) is 1.33. The van der Waals surface area contributed by atoms with Gasteiger partial charge < -0.3 is 9.84 Å². The van der Waals surface area contributed by atoms with Crippen LogP contribution in [-0.2, 0) is 9.53 Å². The Kier molecular flexibility index (Phi) is 3.83. The van der Waals surface area contributed by atoms with Gasteiger partial charge >= 0.3 is 11.9 Å². The van der Waals surface area contributed by atoms with Gasteiger partial charge in [-0.2, -0.15) is 0 Å². The fourth-order valence-electron chi connectivity index (χ4n) is 1.33. The monoisotopic (exact) mass is 220 g/mol. The molecule has 1 aromatic carbocycles. The first-order chi connectivity index (χ1) is 7.56. The van der Waals surface area contributed by atoms with Crippen LogP contribution in [0.4, 0.5) is 0 Å². The molecule has 84 valence electrons. The molecular weight excluding hydrogens is 208 g/mol. The van der Waals surface area contributed by atoms with Crippen LogP contribution in [0.5, 0.6) is 0 Å². The van der Waals surface area contributed by atoms with Crippen LogP contribution in [-0.4, -0.2) is 24.2 Å². The Labute approximate surface area is 93.2 Å². The molecule has 0 saturated carbocycles. The Morgan fingerprint density at radius 1 is 1.25 bits per heavy atom. The van der Waals surface area contributed by atoms with E-state index in [0.29, 0.717) is 11.1 Å². The first kappa shape index (κ1) is 12.0. The summed E-state index contributed by atoms with van der Waals surface area (Å²) in [4.78, 5) is 22.0. The van der Waals surface area contributed by atoms with Crippen LogP contribution in [0.1, 0.15) is 22.8 Å². The highest BCUT2D eigenvalue weighted by molar-refractivity contribution is 5.97. The maximum Gasteiger partial charge on any atom is 0.336 e. The minimum atomic E-state index is -1.02. The molecular formula is C12H12O4. The third-order valence-corrected chi connectivity index (χ3v) is 2.12. The van der Waals surface area contributed by atoms with Gasteiger partial charge in [-0.3, -0.25) is 0 Å². The topological polar surface area (TPSA) is 63.6 Å². The van der Waals surface area contributed by atoms with E-state index < -0.39 is 11.9 Å². The maximum absolute atomic E-state index is 11.0. The number of aromatic carboxylic acids is 1. The number of esters is 1. The smallest absolute Gasteiger partial charge is 0.336 e. The second-order valence-corrected chi connectivity index (χ2v) is 3.20. The van der Waals surface area contributed by atoms with Crippen LogP contribution in [0.25, 0.3) is 5.57 Å². The molecule has 1 N–H and O–H groups in total. The lowest BCUT2D eigenvalue weighted by Gasteiger charge is -2.05. The van der Waals surface area contributed by atoms with Crippen molar-refractivity contribution in [1.29, 1.82) is 0 Å². The lowest BCUT2D eigenvalue weighted by Crippen LogP contribution is -2.02. The normalized spacial score (nSPS) is 11.0. The van der Waals surface area contributed by atoms with Crippen LogP contribution in [0.2, 0.25) is 0 Å². The summed E-state index contributed by atoms with van der Waals surface area (Å²) in [5, 5.41) is 8.96. The van der Waals surface area contributed by atoms with Gasteiger partial charge in [-0.05, 0) is 24.1 Å². The minimum Gasteiger partial charge on any atom is -0.478 e. The van der Waals surface area contributed by atoms with Crippen molar-refractivity contribution >= 4 is 17.5 Å². The summed E-state index contributed by atoms with van der Waals surface area (Å²) in [6, 6.07) is 6.50. The van der Waals surface area contributed by atoms with Crippen LogP contribution < -0.4 is 0 Å². The zero-order valence-corrected chi connectivity index (χ0v) is 9.06. The molecule has 16 heavy (non-hydrogen) atoms. The van der Waals surface area contributed by atoms with Crippen LogP contribution >= 0.6 is 0 Å². The van der Waals surface area contributed by atoms with Crippen molar-refractivity contribution in [2.75, 3.05) is 7.11 Å². The summed E-state index contributed by atoms with van der Waals surface area (Å²) in [5.41, 5.74) is 1.24. The summed E-state index contributed by atoms with van der Waals surface area (Å²) in [5.74, 6) is -1.52. The number of methoxy groups -OCH3 is 1. The number of hydrogen-bond acceptors (Lipinski definition) is 3. The number of carbonyl (C=O) groups excluding carboxylic acids is 1. The van der Waals surface area contributed by atoms with Crippen LogP contribution in [0.3, 0.4) is 0 Å². The molecule has 4 nitrogen and oxygen atoms in total. The van der Waals surface area contributed by atoms with Crippen molar-refractivity contribution in [3.05, 3.63) is 41.5 Å². The molecule has 0 aliphatic rings. The Morgan fingerprint density at radius 2 is 1.81 bits per heavy atom. The van der Waals surface area contributed by atoms with Gasteiger partial charge in [0.25, 0.3) is 0 Å². The number of benzene rings is 1. The molecule has 0 atom stereocenters. The molecule has 1 rings (SSSR count). The number of carbonyl (C=O) groups is 2. The first-order valence-electron chi connectivity index (χ1n) is 4.65. The van der Waals surface area contributed by atoms with Gasteiger partial charge in [0, 0.05) is 6.08 Å². The zero-order valence-electron chi connectivity index (χ0n) is 9.06. The highest BCUT2D eigenvalue weighted by Crippen LogP contribution is 2.18. The second kappa shape index (κ2) is 5.11. The van der Waals surface area contributed by atoms with Gasteiger partial charge in [-0.1, -0.05) is 18.2 Å². The third kappa shape index (κ3) is 2.70. The molecule has 4 heteroatoms. The number of hydrogen-bond donors (Lipinski definition) is 1. The Balaban J connectivity index is 3.18. The SMILES string of the molecule is COC(=O)C=C(C)c1ccccc1C(=O)O. The standard InChI is InChI=1S/C12H12O4/c1-8(7-11(13)16-2)9-5-3-4-6-10(9)12(14)15/h3-7H,1-2H3,(H,14,15). The average molecular weight is 220 g/mol. The maximum atomic E-state index is 11.0. The van der Waals surface area contributed by atoms with Gasteiger partial charge in [0.2, 0.25) is 0 Å². The van der Waals surface area contributed by atoms with Crippen molar-refractivity contribution in [3.8, 4) is 0 Å². The molecule has 0 spiro atoms. The van der Waals surface area contributed by atoms with E-state index >= 15 is 0 Å². The molecule has 0 fully saturated rings. The quantitative estimate of drug-likeness (QED) is 0.624. The van der Waals surface area contributed by atoms with Gasteiger partial charge in [0.1, 0.15) is 0 Å². The highest BCUT2D eigenvalue weighted by Gasteiger charge is 2.10. The Morgan fingerprint density at radius 3 is 2.31 bits per heavy atom. The highest BCUT2D eigenvalue weighted by atomic mass is 16.5. The molecule has 0 aromatic heterocycles. The zero-order chi connectivity index (χ0) is 12.1. The Hall–Kier alpha value is -2.10. The van der Waals surface area contributed by atoms with Gasteiger partial charge in [-0.15, -0.1) is 0 Å². The summed E-state index contributed by atoms with van der Waals surface area (Å²) in [7, 11) is 1.27. The number of allylic oxidation sites excluding steroid dienone is 1. The van der Waals surface area contributed by atoms with E-state index in [1.54, 1.807) is 25.1 Å². The van der Waals surface area contributed by atoms with Gasteiger partial charge in [0.05, 0.1) is 12.7 Å². The van der Waals surface area contributed by atoms with Crippen LogP contribution in [0, 0.1) is 0 Å². The van der Waals surface area contributed by atoms with Gasteiger partial charge in [0.15, 0.2) is 0 Å². The van der Waals surface area contributed by atoms with Crippen molar-refractivity contribution in [2.24, 2.45) is 0 Å². The van der Waals surface area contributed by atoms with Crippen molar-refractivity contribution in [1.82, 2.24) is 0 Å². The van der Waals surface area contributed by atoms with E-state index in [1.807, 2.05) is 0 Å². The first-order valence-corrected chi connectivity index (χ1v) is 4.65. The van der Waals surface area contributed by atoms with E-state index in [0.717, 1.165) is 0 Å². The predicted octanol–water partition coefficient (Wildman–Crippen LogP) is 1.96. The van der Waals surface area contributed by atoms with E-state index in [9.17, 15) is 9.59 Å². The number of carboxylic acid groups (broad SMARTS) is 1. The molecule has 0 radical (unpaired) electrons. The molecule has 0 heterocycles. The predicted molar refractivity (Wildman–Crippen MR) is 59.1 cm³/mol. The van der Waals surface area contributed by atoms with E-state index in [2.05, 4.69) is 4.74 Å². The fraction of sp³-hybridized carbons (Fsp3) is 0.167. The van der Waals surface area contributed by atoms with E-state index in [1.165, 1.54) is 19.3 Å². The number of carboxylic acids is 1.